The van der Waals surface area contributed by atoms with Crippen LogP contribution in [0.1, 0.15) is 55.7 Å². The number of hydrogen-bond acceptors (Lipinski definition) is 5. The maximum absolute atomic E-state index is 14.2. The highest BCUT2D eigenvalue weighted by atomic mass is 19.3. The van der Waals surface area contributed by atoms with E-state index in [1.165, 1.54) is 12.4 Å². The molecule has 0 unspecified atom stereocenters. The van der Waals surface area contributed by atoms with Gasteiger partial charge >= 0.3 is 0 Å². The summed E-state index contributed by atoms with van der Waals surface area (Å²) in [7, 11) is 1.59. The Bertz CT molecular complexity index is 1130. The van der Waals surface area contributed by atoms with Gasteiger partial charge in [0.2, 0.25) is 5.91 Å². The Morgan fingerprint density at radius 1 is 1.27 bits per heavy atom. The average Bonchev–Trinajstić information content (AvgIpc) is 2.93. The molecule has 0 saturated carbocycles. The monoisotopic (exact) mass is 453 g/mol. The number of alkyl halides is 2. The molecule has 2 heterocycles. The number of carbonyl (C=O) groups excluding carboxylic acids is 1. The van der Waals surface area contributed by atoms with Crippen LogP contribution in [0.2, 0.25) is 0 Å². The van der Waals surface area contributed by atoms with Gasteiger partial charge < -0.3 is 21.3 Å². The summed E-state index contributed by atoms with van der Waals surface area (Å²) < 4.78 is 28.4. The normalized spacial score (nSPS) is 20.8. The van der Waals surface area contributed by atoms with Crippen molar-refractivity contribution in [2.24, 2.45) is 10.7 Å². The predicted octanol–water partition coefficient (Wildman–Crippen LogP) is 5.41. The van der Waals surface area contributed by atoms with Gasteiger partial charge in [0.05, 0.1) is 17.1 Å². The highest BCUT2D eigenvalue weighted by Crippen LogP contribution is 2.47. The van der Waals surface area contributed by atoms with E-state index in [4.69, 9.17) is 5.73 Å². The molecule has 2 aliphatic rings. The number of fused-ring (bicyclic) bond motifs is 2. The predicted molar refractivity (Wildman–Crippen MR) is 131 cm³/mol. The van der Waals surface area contributed by atoms with E-state index in [-0.39, 0.29) is 23.4 Å². The molecule has 0 spiro atoms. The molecule has 2 aliphatic heterocycles. The van der Waals surface area contributed by atoms with Gasteiger partial charge in [-0.05, 0) is 54.7 Å². The lowest BCUT2D eigenvalue weighted by Gasteiger charge is -2.37. The van der Waals surface area contributed by atoms with Crippen molar-refractivity contribution in [3.05, 3.63) is 53.2 Å². The molecule has 2 aromatic carbocycles. The van der Waals surface area contributed by atoms with E-state index in [2.05, 4.69) is 27.4 Å². The molecule has 0 aromatic heterocycles. The molecule has 0 aliphatic carbocycles. The number of nitrogens with two attached hydrogens (primary N) is 1. The van der Waals surface area contributed by atoms with Crippen LogP contribution in [0.4, 0.5) is 31.5 Å². The number of nitrogens with one attached hydrogen (secondary N) is 2. The number of para-hydroxylation sites is 1. The Morgan fingerprint density at radius 3 is 2.76 bits per heavy atom. The summed E-state index contributed by atoms with van der Waals surface area (Å²) in [5, 5.41) is 6.39. The van der Waals surface area contributed by atoms with Gasteiger partial charge in [-0.3, -0.25) is 9.79 Å². The second kappa shape index (κ2) is 9.21. The van der Waals surface area contributed by atoms with Crippen molar-refractivity contribution >= 4 is 40.4 Å². The van der Waals surface area contributed by atoms with Crippen LogP contribution in [0, 0.1) is 0 Å². The number of allylic oxidation sites excluding steroid dienone is 1. The fraction of sp³-hybridized carbons (Fsp3) is 0.360. The van der Waals surface area contributed by atoms with Crippen molar-refractivity contribution in [3.63, 3.8) is 0 Å². The number of carbonyl (C=O) groups is 1. The number of amides is 1. The molecular formula is C25H29F2N5O. The number of aliphatic imine (C=N–C) groups is 1. The van der Waals surface area contributed by atoms with Crippen molar-refractivity contribution in [3.8, 4) is 0 Å². The minimum atomic E-state index is -2.67. The molecule has 2 aromatic rings. The van der Waals surface area contributed by atoms with Crippen molar-refractivity contribution in [2.45, 2.75) is 45.1 Å². The maximum Gasteiger partial charge on any atom is 0.264 e. The van der Waals surface area contributed by atoms with E-state index in [9.17, 15) is 13.6 Å². The highest BCUT2D eigenvalue weighted by Gasteiger charge is 2.30. The Kier molecular flexibility index (Phi) is 6.35. The van der Waals surface area contributed by atoms with Gasteiger partial charge in [-0.15, -0.1) is 0 Å². The number of nitrogens with zero attached hydrogens (tertiary/aromatic N) is 2. The lowest BCUT2D eigenvalue weighted by Crippen LogP contribution is -2.28. The first-order valence-corrected chi connectivity index (χ1v) is 11.1. The number of hydrogen-bond donors (Lipinski definition) is 3. The molecule has 4 N–H and O–H groups in total. The Balaban J connectivity index is 1.90. The zero-order valence-electron chi connectivity index (χ0n) is 19.0. The van der Waals surface area contributed by atoms with Crippen LogP contribution in [0.3, 0.4) is 0 Å². The molecule has 0 fully saturated rings. The Labute approximate surface area is 192 Å². The second-order valence-electron chi connectivity index (χ2n) is 8.65. The summed E-state index contributed by atoms with van der Waals surface area (Å²) in [5.41, 5.74) is 10.6. The molecule has 2 atom stereocenters. The van der Waals surface area contributed by atoms with E-state index < -0.39 is 6.43 Å². The molecule has 0 radical (unpaired) electrons. The topological polar surface area (TPSA) is 82.8 Å². The van der Waals surface area contributed by atoms with Crippen LogP contribution in [-0.4, -0.2) is 31.8 Å². The third-order valence-electron chi connectivity index (χ3n) is 6.29. The van der Waals surface area contributed by atoms with Crippen molar-refractivity contribution in [2.75, 3.05) is 29.1 Å². The van der Waals surface area contributed by atoms with E-state index >= 15 is 0 Å². The van der Waals surface area contributed by atoms with E-state index in [0.29, 0.717) is 29.8 Å². The summed E-state index contributed by atoms with van der Waals surface area (Å²) >= 11 is 0. The van der Waals surface area contributed by atoms with Gasteiger partial charge in [-0.25, -0.2) is 8.78 Å². The highest BCUT2D eigenvalue weighted by molar-refractivity contribution is 6.10. The summed E-state index contributed by atoms with van der Waals surface area (Å²) in [4.78, 5) is 18.3. The number of benzene rings is 2. The smallest absolute Gasteiger partial charge is 0.264 e. The van der Waals surface area contributed by atoms with Crippen LogP contribution in [-0.2, 0) is 4.79 Å². The third kappa shape index (κ3) is 4.29. The summed E-state index contributed by atoms with van der Waals surface area (Å²) in [6.45, 7) is 4.73. The lowest BCUT2D eigenvalue weighted by molar-refractivity contribution is -0.116. The summed E-state index contributed by atoms with van der Waals surface area (Å²) in [5.74, 6) is 0.134. The van der Waals surface area contributed by atoms with Gasteiger partial charge in [0, 0.05) is 55.3 Å². The van der Waals surface area contributed by atoms with Gasteiger partial charge in [0.15, 0.2) is 0 Å². The van der Waals surface area contributed by atoms with Crippen molar-refractivity contribution in [1.29, 1.82) is 0 Å². The van der Waals surface area contributed by atoms with Crippen LogP contribution in [0.25, 0.3) is 5.57 Å². The Hall–Kier alpha value is -3.42. The number of rotatable bonds is 4. The zero-order valence-corrected chi connectivity index (χ0v) is 19.0. The quantitative estimate of drug-likeness (QED) is 0.541. The fourth-order valence-corrected chi connectivity index (χ4v) is 4.67. The van der Waals surface area contributed by atoms with Gasteiger partial charge in [0.1, 0.15) is 0 Å². The SMILES string of the molecule is CN=C/C(=C\N)c1cc2c(cc1C(F)F)N(c1cccc3c1N[C@H](C)CC(=O)N3)CC[C@@H]2C. The molecule has 0 saturated heterocycles. The molecule has 1 amide bonds. The standard InChI is InChI=1S/C25H29F2N5O/c1-14-7-8-32(21-6-4-5-20-24(21)30-15(2)9-23(33)31-20)22-11-19(25(26)27)18(10-17(14)22)16(12-28)13-29-3/h4-6,10-15,25,30H,7-9,28H2,1-3H3,(H,31,33)/b16-12+,29-13?/t14-,15+/m0/s1. The largest absolute Gasteiger partial charge is 0.404 e. The lowest BCUT2D eigenvalue weighted by atomic mass is 9.86. The molecular weight excluding hydrogens is 424 g/mol. The van der Waals surface area contributed by atoms with Gasteiger partial charge in [0.25, 0.3) is 6.43 Å². The molecule has 6 nitrogen and oxygen atoms in total. The molecule has 4 rings (SSSR count). The van der Waals surface area contributed by atoms with E-state index in [1.807, 2.05) is 31.2 Å². The summed E-state index contributed by atoms with van der Waals surface area (Å²) in [6, 6.07) is 9.04. The molecule has 174 valence electrons. The van der Waals surface area contributed by atoms with Crippen LogP contribution in [0.5, 0.6) is 0 Å². The van der Waals surface area contributed by atoms with E-state index in [1.54, 1.807) is 13.1 Å². The number of halogens is 2. The molecule has 8 heteroatoms. The van der Waals surface area contributed by atoms with Crippen LogP contribution in [0.15, 0.2) is 41.5 Å². The van der Waals surface area contributed by atoms with Crippen molar-refractivity contribution in [1.82, 2.24) is 0 Å². The van der Waals surface area contributed by atoms with Crippen molar-refractivity contribution < 1.29 is 13.6 Å². The second-order valence-corrected chi connectivity index (χ2v) is 8.65. The minimum absolute atomic E-state index is 0.0538. The summed E-state index contributed by atoms with van der Waals surface area (Å²) in [6.07, 6.45) is 1.36. The van der Waals surface area contributed by atoms with Crippen LogP contribution >= 0.6 is 0 Å². The van der Waals surface area contributed by atoms with Gasteiger partial charge in [-0.2, -0.15) is 0 Å². The number of anilines is 4. The zero-order chi connectivity index (χ0) is 23.7. The first-order valence-electron chi connectivity index (χ1n) is 11.1. The first-order chi connectivity index (χ1) is 15.8. The maximum atomic E-state index is 14.2. The first kappa shape index (κ1) is 22.8. The molecule has 0 bridgehead atoms. The van der Waals surface area contributed by atoms with Gasteiger partial charge in [-0.1, -0.05) is 13.0 Å². The Morgan fingerprint density at radius 2 is 2.06 bits per heavy atom. The van der Waals surface area contributed by atoms with Crippen LogP contribution < -0.4 is 21.3 Å². The third-order valence-corrected chi connectivity index (χ3v) is 6.29. The van der Waals surface area contributed by atoms with E-state index in [0.717, 1.165) is 29.0 Å². The minimum Gasteiger partial charge on any atom is -0.404 e. The average molecular weight is 454 g/mol. The fourth-order valence-electron chi connectivity index (χ4n) is 4.67. The molecule has 33 heavy (non-hydrogen) atoms.